The van der Waals surface area contributed by atoms with Gasteiger partial charge >= 0.3 is 0 Å². The Morgan fingerprint density at radius 1 is 1.67 bits per heavy atom. The van der Waals surface area contributed by atoms with Crippen LogP contribution in [-0.4, -0.2) is 29.2 Å². The van der Waals surface area contributed by atoms with Crippen molar-refractivity contribution >= 4 is 16.5 Å². The summed E-state index contributed by atoms with van der Waals surface area (Å²) >= 11 is 1.24. The standard InChI is InChI=1S/C6H8F2N2OS/c7-6(8,4-11)3-10-5-9-1-2-12-5/h1-2,11H,3-4H2,(H,9,10). The maximum Gasteiger partial charge on any atom is 0.287 e. The second kappa shape index (κ2) is 3.77. The highest BCUT2D eigenvalue weighted by atomic mass is 32.1. The van der Waals surface area contributed by atoms with Gasteiger partial charge in [-0.2, -0.15) is 0 Å². The Kier molecular flexibility index (Phi) is 2.93. The molecule has 1 rings (SSSR count). The number of rotatable bonds is 4. The highest BCUT2D eigenvalue weighted by Crippen LogP contribution is 2.15. The van der Waals surface area contributed by atoms with Gasteiger partial charge in [-0.25, -0.2) is 13.8 Å². The van der Waals surface area contributed by atoms with Crippen molar-refractivity contribution in [2.75, 3.05) is 18.5 Å². The first-order valence-electron chi connectivity index (χ1n) is 3.26. The summed E-state index contributed by atoms with van der Waals surface area (Å²) in [6.45, 7) is -1.73. The second-order valence-electron chi connectivity index (χ2n) is 2.20. The summed E-state index contributed by atoms with van der Waals surface area (Å²) in [5.41, 5.74) is 0. The quantitative estimate of drug-likeness (QED) is 0.756. The number of aliphatic hydroxyl groups excluding tert-OH is 1. The van der Waals surface area contributed by atoms with Gasteiger partial charge in [0.2, 0.25) is 0 Å². The van der Waals surface area contributed by atoms with E-state index in [9.17, 15) is 8.78 Å². The molecule has 0 saturated heterocycles. The number of alkyl halides is 2. The molecule has 0 radical (unpaired) electrons. The number of aliphatic hydroxyl groups is 1. The average Bonchev–Trinajstić information content (AvgIpc) is 2.53. The van der Waals surface area contributed by atoms with E-state index in [4.69, 9.17) is 5.11 Å². The minimum Gasteiger partial charge on any atom is -0.390 e. The van der Waals surface area contributed by atoms with Crippen LogP contribution in [0.15, 0.2) is 11.6 Å². The molecule has 0 unspecified atom stereocenters. The maximum absolute atomic E-state index is 12.4. The minimum atomic E-state index is -3.08. The minimum absolute atomic E-state index is 0.433. The lowest BCUT2D eigenvalue weighted by Crippen LogP contribution is -2.30. The Hall–Kier alpha value is -0.750. The number of nitrogens with one attached hydrogen (secondary N) is 1. The van der Waals surface area contributed by atoms with Gasteiger partial charge in [0, 0.05) is 11.6 Å². The van der Waals surface area contributed by atoms with Crippen LogP contribution in [0.1, 0.15) is 0 Å². The molecule has 68 valence electrons. The summed E-state index contributed by atoms with van der Waals surface area (Å²) in [4.78, 5) is 3.75. The summed E-state index contributed by atoms with van der Waals surface area (Å²) in [6, 6.07) is 0. The van der Waals surface area contributed by atoms with E-state index in [-0.39, 0.29) is 0 Å². The van der Waals surface area contributed by atoms with Crippen LogP contribution in [-0.2, 0) is 0 Å². The van der Waals surface area contributed by atoms with Gasteiger partial charge in [-0.15, -0.1) is 11.3 Å². The molecule has 2 N–H and O–H groups in total. The third kappa shape index (κ3) is 2.71. The summed E-state index contributed by atoms with van der Waals surface area (Å²) in [6.07, 6.45) is 1.52. The van der Waals surface area contributed by atoms with E-state index in [1.165, 1.54) is 17.5 Å². The molecule has 0 bridgehead atoms. The molecule has 0 saturated carbocycles. The fourth-order valence-corrected chi connectivity index (χ4v) is 1.10. The lowest BCUT2D eigenvalue weighted by molar-refractivity contribution is -0.0372. The van der Waals surface area contributed by atoms with Gasteiger partial charge < -0.3 is 10.4 Å². The zero-order valence-corrected chi connectivity index (χ0v) is 6.94. The van der Waals surface area contributed by atoms with E-state index in [2.05, 4.69) is 10.3 Å². The molecule has 12 heavy (non-hydrogen) atoms. The predicted octanol–water partition coefficient (Wildman–Crippen LogP) is 1.18. The van der Waals surface area contributed by atoms with Crippen LogP contribution < -0.4 is 5.32 Å². The molecule has 0 amide bonds. The largest absolute Gasteiger partial charge is 0.390 e. The van der Waals surface area contributed by atoms with Gasteiger partial charge in [0.25, 0.3) is 5.92 Å². The fraction of sp³-hybridized carbons (Fsp3) is 0.500. The molecule has 0 aliphatic carbocycles. The molecule has 3 nitrogen and oxygen atoms in total. The molecule has 0 aliphatic rings. The van der Waals surface area contributed by atoms with E-state index in [1.807, 2.05) is 0 Å². The Morgan fingerprint density at radius 3 is 2.92 bits per heavy atom. The van der Waals surface area contributed by atoms with E-state index in [0.717, 1.165) is 0 Å². The van der Waals surface area contributed by atoms with Crippen LogP contribution in [0.2, 0.25) is 0 Å². The Morgan fingerprint density at radius 2 is 2.42 bits per heavy atom. The number of aromatic nitrogens is 1. The number of anilines is 1. The third-order valence-corrected chi connectivity index (χ3v) is 1.89. The van der Waals surface area contributed by atoms with Crippen molar-refractivity contribution in [3.8, 4) is 0 Å². The topological polar surface area (TPSA) is 45.1 Å². The van der Waals surface area contributed by atoms with Crippen molar-refractivity contribution in [2.24, 2.45) is 0 Å². The van der Waals surface area contributed by atoms with E-state index in [0.29, 0.717) is 5.13 Å². The maximum atomic E-state index is 12.4. The highest BCUT2D eigenvalue weighted by molar-refractivity contribution is 7.13. The Labute approximate surface area is 72.1 Å². The van der Waals surface area contributed by atoms with E-state index >= 15 is 0 Å². The monoisotopic (exact) mass is 194 g/mol. The first-order valence-corrected chi connectivity index (χ1v) is 4.14. The van der Waals surface area contributed by atoms with Gasteiger partial charge in [0.05, 0.1) is 6.54 Å². The fourth-order valence-electron chi connectivity index (χ4n) is 0.572. The smallest absolute Gasteiger partial charge is 0.287 e. The van der Waals surface area contributed by atoms with Crippen molar-refractivity contribution in [3.05, 3.63) is 11.6 Å². The first kappa shape index (κ1) is 9.34. The van der Waals surface area contributed by atoms with Crippen molar-refractivity contribution in [3.63, 3.8) is 0 Å². The van der Waals surface area contributed by atoms with Gasteiger partial charge in [-0.1, -0.05) is 0 Å². The average molecular weight is 194 g/mol. The van der Waals surface area contributed by atoms with Crippen LogP contribution in [0.25, 0.3) is 0 Å². The molecule has 1 aromatic heterocycles. The molecule has 0 aliphatic heterocycles. The molecule has 0 atom stereocenters. The molecule has 6 heteroatoms. The normalized spacial score (nSPS) is 11.6. The highest BCUT2D eigenvalue weighted by Gasteiger charge is 2.27. The molecule has 1 aromatic rings. The summed E-state index contributed by atoms with van der Waals surface area (Å²) in [7, 11) is 0. The first-order chi connectivity index (χ1) is 5.64. The van der Waals surface area contributed by atoms with Crippen LogP contribution in [0.3, 0.4) is 0 Å². The third-order valence-electron chi connectivity index (χ3n) is 1.16. The lowest BCUT2D eigenvalue weighted by Gasteiger charge is -2.12. The lowest BCUT2D eigenvalue weighted by atomic mass is 10.4. The summed E-state index contributed by atoms with van der Waals surface area (Å²) < 4.78 is 24.8. The Balaban J connectivity index is 2.36. The Bertz CT molecular complexity index is 227. The number of nitrogens with zero attached hydrogens (tertiary/aromatic N) is 1. The molecule has 1 heterocycles. The zero-order valence-electron chi connectivity index (χ0n) is 6.13. The molecule has 0 aromatic carbocycles. The van der Waals surface area contributed by atoms with Gasteiger partial charge in [0.1, 0.15) is 6.61 Å². The van der Waals surface area contributed by atoms with Crippen molar-refractivity contribution < 1.29 is 13.9 Å². The number of thiazole rings is 1. The van der Waals surface area contributed by atoms with Crippen LogP contribution in [0.5, 0.6) is 0 Å². The zero-order chi connectivity index (χ0) is 9.03. The summed E-state index contributed by atoms with van der Waals surface area (Å²) in [5, 5.41) is 12.7. The number of hydrogen-bond donors (Lipinski definition) is 2. The van der Waals surface area contributed by atoms with Crippen LogP contribution in [0, 0.1) is 0 Å². The molecule has 0 fully saturated rings. The van der Waals surface area contributed by atoms with Gasteiger partial charge in [-0.3, -0.25) is 0 Å². The van der Waals surface area contributed by atoms with Crippen molar-refractivity contribution in [1.29, 1.82) is 0 Å². The van der Waals surface area contributed by atoms with Crippen molar-refractivity contribution in [1.82, 2.24) is 4.98 Å². The number of hydrogen-bond acceptors (Lipinski definition) is 4. The number of halogens is 2. The molecular weight excluding hydrogens is 186 g/mol. The second-order valence-corrected chi connectivity index (χ2v) is 3.10. The SMILES string of the molecule is OCC(F)(F)CNc1nccs1. The molecule has 0 spiro atoms. The van der Waals surface area contributed by atoms with Crippen LogP contribution >= 0.6 is 11.3 Å². The van der Waals surface area contributed by atoms with Crippen molar-refractivity contribution in [2.45, 2.75) is 5.92 Å². The van der Waals surface area contributed by atoms with E-state index < -0.39 is 19.1 Å². The predicted molar refractivity (Wildman–Crippen MR) is 42.6 cm³/mol. The summed E-state index contributed by atoms with van der Waals surface area (Å²) in [5.74, 6) is -3.08. The van der Waals surface area contributed by atoms with Crippen LogP contribution in [0.4, 0.5) is 13.9 Å². The van der Waals surface area contributed by atoms with Gasteiger partial charge in [0.15, 0.2) is 5.13 Å². The van der Waals surface area contributed by atoms with Gasteiger partial charge in [-0.05, 0) is 0 Å². The molecular formula is C6H8F2N2OS. The van der Waals surface area contributed by atoms with E-state index in [1.54, 1.807) is 5.38 Å².